The van der Waals surface area contributed by atoms with E-state index in [1.807, 2.05) is 13.8 Å². The second kappa shape index (κ2) is 8.21. The van der Waals surface area contributed by atoms with E-state index in [0.717, 1.165) is 13.1 Å². The molecule has 0 bridgehead atoms. The minimum Gasteiger partial charge on any atom is -0.492 e. The Hall–Kier alpha value is -1.31. The highest BCUT2D eigenvalue weighted by Crippen LogP contribution is 2.26. The molecule has 6 nitrogen and oxygen atoms in total. The van der Waals surface area contributed by atoms with Gasteiger partial charge >= 0.3 is 0 Å². The lowest BCUT2D eigenvalue weighted by Gasteiger charge is -2.18. The molecule has 1 rings (SSSR count). The van der Waals surface area contributed by atoms with Gasteiger partial charge in [-0.25, -0.2) is 13.1 Å². The third-order valence-corrected chi connectivity index (χ3v) is 4.65. The van der Waals surface area contributed by atoms with Crippen LogP contribution in [0.1, 0.15) is 20.8 Å². The largest absolute Gasteiger partial charge is 0.492 e. The van der Waals surface area contributed by atoms with Crippen molar-refractivity contribution in [1.29, 1.82) is 0 Å². The number of hydrogen-bond acceptors (Lipinski definition) is 5. The Labute approximate surface area is 127 Å². The van der Waals surface area contributed by atoms with Crippen molar-refractivity contribution >= 4 is 15.7 Å². The fourth-order valence-electron chi connectivity index (χ4n) is 1.97. The van der Waals surface area contributed by atoms with E-state index in [4.69, 9.17) is 10.5 Å². The molecule has 0 saturated carbocycles. The zero-order valence-corrected chi connectivity index (χ0v) is 13.7. The number of sulfonamides is 1. The van der Waals surface area contributed by atoms with E-state index in [-0.39, 0.29) is 4.90 Å². The minimum atomic E-state index is -3.63. The van der Waals surface area contributed by atoms with Gasteiger partial charge in [0.2, 0.25) is 10.0 Å². The summed E-state index contributed by atoms with van der Waals surface area (Å²) in [7, 11) is -3.63. The van der Waals surface area contributed by atoms with Gasteiger partial charge in [0.1, 0.15) is 10.6 Å². The first-order chi connectivity index (χ1) is 9.94. The highest BCUT2D eigenvalue weighted by atomic mass is 32.2. The van der Waals surface area contributed by atoms with Crippen LogP contribution in [0.3, 0.4) is 0 Å². The van der Waals surface area contributed by atoms with Crippen LogP contribution in [0.4, 0.5) is 5.69 Å². The third-order valence-electron chi connectivity index (χ3n) is 3.17. The molecule has 3 N–H and O–H groups in total. The summed E-state index contributed by atoms with van der Waals surface area (Å²) in [6.07, 6.45) is 0. The summed E-state index contributed by atoms with van der Waals surface area (Å²) in [6, 6.07) is 4.63. The van der Waals surface area contributed by atoms with Crippen LogP contribution in [0.2, 0.25) is 0 Å². The van der Waals surface area contributed by atoms with Crippen molar-refractivity contribution in [3.05, 3.63) is 18.2 Å². The molecule has 1 aromatic rings. The molecule has 0 spiro atoms. The van der Waals surface area contributed by atoms with Crippen LogP contribution in [-0.4, -0.2) is 46.1 Å². The second-order valence-corrected chi connectivity index (χ2v) is 6.30. The Balaban J connectivity index is 2.84. The first-order valence-corrected chi connectivity index (χ1v) is 8.67. The zero-order chi connectivity index (χ0) is 15.9. The maximum absolute atomic E-state index is 12.4. The number of nitrogens with zero attached hydrogens (tertiary/aromatic N) is 1. The SMILES string of the molecule is CCOc1ccc(N)cc1S(=O)(=O)NCCN(CC)CC. The van der Waals surface area contributed by atoms with E-state index in [2.05, 4.69) is 9.62 Å². The van der Waals surface area contributed by atoms with Crippen LogP contribution in [0.5, 0.6) is 5.75 Å². The smallest absolute Gasteiger partial charge is 0.244 e. The Morgan fingerprint density at radius 2 is 1.90 bits per heavy atom. The predicted octanol–water partition coefficient (Wildman–Crippen LogP) is 1.29. The van der Waals surface area contributed by atoms with Crippen molar-refractivity contribution < 1.29 is 13.2 Å². The monoisotopic (exact) mass is 315 g/mol. The van der Waals surface area contributed by atoms with Gasteiger partial charge in [-0.1, -0.05) is 13.8 Å². The van der Waals surface area contributed by atoms with Gasteiger partial charge in [0.05, 0.1) is 6.61 Å². The lowest BCUT2D eigenvalue weighted by molar-refractivity contribution is 0.308. The Morgan fingerprint density at radius 3 is 2.48 bits per heavy atom. The van der Waals surface area contributed by atoms with E-state index in [9.17, 15) is 8.42 Å². The molecule has 0 aliphatic rings. The number of benzene rings is 1. The standard InChI is InChI=1S/C14H25N3O3S/c1-4-17(5-2)10-9-16-21(18,19)14-11-12(15)7-8-13(14)20-6-3/h7-8,11,16H,4-6,9-10,15H2,1-3H3. The molecule has 0 heterocycles. The number of likely N-dealkylation sites (N-methyl/N-ethyl adjacent to an activating group) is 1. The van der Waals surface area contributed by atoms with Crippen molar-refractivity contribution in [3.63, 3.8) is 0 Å². The van der Waals surface area contributed by atoms with Crippen molar-refractivity contribution in [2.45, 2.75) is 25.7 Å². The number of hydrogen-bond donors (Lipinski definition) is 2. The Bertz CT molecular complexity index is 542. The molecule has 120 valence electrons. The fraction of sp³-hybridized carbons (Fsp3) is 0.571. The number of ether oxygens (including phenoxy) is 1. The summed E-state index contributed by atoms with van der Waals surface area (Å²) >= 11 is 0. The molecule has 0 aromatic heterocycles. The molecule has 0 unspecified atom stereocenters. The van der Waals surface area contributed by atoms with Gasteiger partial charge in [0.15, 0.2) is 0 Å². The van der Waals surface area contributed by atoms with E-state index in [0.29, 0.717) is 31.1 Å². The molecule has 0 atom stereocenters. The summed E-state index contributed by atoms with van der Waals surface area (Å²) in [5.74, 6) is 0.321. The van der Waals surface area contributed by atoms with Crippen molar-refractivity contribution in [1.82, 2.24) is 9.62 Å². The Morgan fingerprint density at radius 1 is 1.24 bits per heavy atom. The van der Waals surface area contributed by atoms with E-state index in [1.165, 1.54) is 6.07 Å². The number of rotatable bonds is 9. The van der Waals surface area contributed by atoms with Crippen molar-refractivity contribution in [3.8, 4) is 5.75 Å². The summed E-state index contributed by atoms with van der Waals surface area (Å²) in [6.45, 7) is 9.09. The quantitative estimate of drug-likeness (QED) is 0.671. The Kier molecular flexibility index (Phi) is 6.94. The molecule has 7 heteroatoms. The maximum atomic E-state index is 12.4. The highest BCUT2D eigenvalue weighted by Gasteiger charge is 2.19. The molecule has 0 radical (unpaired) electrons. The van der Waals surface area contributed by atoms with Gasteiger partial charge in [-0.05, 0) is 38.2 Å². The molecule has 0 aliphatic carbocycles. The highest BCUT2D eigenvalue weighted by molar-refractivity contribution is 7.89. The molecule has 0 saturated heterocycles. The van der Waals surface area contributed by atoms with E-state index >= 15 is 0 Å². The molecule has 0 amide bonds. The molecule has 21 heavy (non-hydrogen) atoms. The first kappa shape index (κ1) is 17.7. The van der Waals surface area contributed by atoms with Gasteiger partial charge in [-0.15, -0.1) is 0 Å². The summed E-state index contributed by atoms with van der Waals surface area (Å²) < 4.78 is 32.7. The molecular formula is C14H25N3O3S. The van der Waals surface area contributed by atoms with Gasteiger partial charge in [-0.3, -0.25) is 0 Å². The number of nitrogens with two attached hydrogens (primary N) is 1. The molecule has 0 fully saturated rings. The topological polar surface area (TPSA) is 84.7 Å². The van der Waals surface area contributed by atoms with Crippen molar-refractivity contribution in [2.24, 2.45) is 0 Å². The molecule has 1 aromatic carbocycles. The minimum absolute atomic E-state index is 0.0869. The predicted molar refractivity (Wildman–Crippen MR) is 85.0 cm³/mol. The maximum Gasteiger partial charge on any atom is 0.244 e. The molecule has 0 aliphatic heterocycles. The van der Waals surface area contributed by atoms with Crippen LogP contribution in [0.25, 0.3) is 0 Å². The normalized spacial score (nSPS) is 11.8. The number of nitrogen functional groups attached to an aromatic ring is 1. The summed E-state index contributed by atoms with van der Waals surface area (Å²) in [5, 5.41) is 0. The summed E-state index contributed by atoms with van der Waals surface area (Å²) in [4.78, 5) is 2.23. The van der Waals surface area contributed by atoms with Gasteiger partial charge in [0, 0.05) is 18.8 Å². The summed E-state index contributed by atoms with van der Waals surface area (Å²) in [5.41, 5.74) is 6.08. The second-order valence-electron chi connectivity index (χ2n) is 4.56. The average Bonchev–Trinajstić information content (AvgIpc) is 2.45. The average molecular weight is 315 g/mol. The third kappa shape index (κ3) is 5.18. The van der Waals surface area contributed by atoms with Gasteiger partial charge < -0.3 is 15.4 Å². The van der Waals surface area contributed by atoms with Crippen molar-refractivity contribution in [2.75, 3.05) is 38.5 Å². The number of nitrogens with one attached hydrogen (secondary N) is 1. The van der Waals surface area contributed by atoms with Gasteiger partial charge in [-0.2, -0.15) is 0 Å². The zero-order valence-electron chi connectivity index (χ0n) is 12.9. The van der Waals surface area contributed by atoms with E-state index < -0.39 is 10.0 Å². The van der Waals surface area contributed by atoms with Crippen LogP contribution in [0.15, 0.2) is 23.1 Å². The fourth-order valence-corrected chi connectivity index (χ4v) is 3.16. The lowest BCUT2D eigenvalue weighted by atomic mass is 10.3. The lowest BCUT2D eigenvalue weighted by Crippen LogP contribution is -2.35. The van der Waals surface area contributed by atoms with Crippen LogP contribution >= 0.6 is 0 Å². The number of anilines is 1. The van der Waals surface area contributed by atoms with E-state index in [1.54, 1.807) is 19.1 Å². The molecular weight excluding hydrogens is 290 g/mol. The van der Waals surface area contributed by atoms with Crippen LogP contribution in [-0.2, 0) is 10.0 Å². The first-order valence-electron chi connectivity index (χ1n) is 7.18. The van der Waals surface area contributed by atoms with Crippen LogP contribution in [0, 0.1) is 0 Å². The van der Waals surface area contributed by atoms with Gasteiger partial charge in [0.25, 0.3) is 0 Å². The van der Waals surface area contributed by atoms with Crippen LogP contribution < -0.4 is 15.2 Å².